The third-order valence-corrected chi connectivity index (χ3v) is 4.40. The summed E-state index contributed by atoms with van der Waals surface area (Å²) < 4.78 is 4.06. The van der Waals surface area contributed by atoms with Crippen LogP contribution in [0.2, 0.25) is 0 Å². The number of hydrogen-bond acceptors (Lipinski definition) is 3. The van der Waals surface area contributed by atoms with Gasteiger partial charge in [0.1, 0.15) is 18.2 Å². The van der Waals surface area contributed by atoms with Gasteiger partial charge in [-0.15, -0.1) is 0 Å². The van der Waals surface area contributed by atoms with Crippen molar-refractivity contribution in [3.63, 3.8) is 0 Å². The number of imidazole rings is 2. The third kappa shape index (κ3) is 2.65. The number of fused-ring (bicyclic) bond motifs is 2. The van der Waals surface area contributed by atoms with Crippen molar-refractivity contribution in [1.82, 2.24) is 19.1 Å². The second kappa shape index (κ2) is 6.05. The summed E-state index contributed by atoms with van der Waals surface area (Å²) in [4.78, 5) is 21.0. The number of rotatable bonds is 5. The third-order valence-electron chi connectivity index (χ3n) is 4.40. The van der Waals surface area contributed by atoms with Crippen molar-refractivity contribution >= 4 is 28.0 Å². The fraction of sp³-hybridized carbons (Fsp3) is 0.211. The van der Waals surface area contributed by atoms with E-state index in [9.17, 15) is 4.79 Å². The molecule has 6 nitrogen and oxygen atoms in total. The summed E-state index contributed by atoms with van der Waals surface area (Å²) in [6.07, 6.45) is 0.824. The summed E-state index contributed by atoms with van der Waals surface area (Å²) in [6, 6.07) is 15.9. The maximum absolute atomic E-state index is 11.6. The number of amides is 1. The van der Waals surface area contributed by atoms with Crippen molar-refractivity contribution in [2.45, 2.75) is 26.4 Å². The van der Waals surface area contributed by atoms with Crippen molar-refractivity contribution in [3.05, 3.63) is 60.2 Å². The Hall–Kier alpha value is -3.15. The number of hydrogen-bond donors (Lipinski definition) is 1. The molecule has 2 aromatic heterocycles. The Morgan fingerprint density at radius 3 is 2.08 bits per heavy atom. The molecule has 2 heterocycles. The maximum Gasteiger partial charge on any atom is 0.237 e. The van der Waals surface area contributed by atoms with Crippen molar-refractivity contribution in [3.8, 4) is 0 Å². The molecule has 2 N–H and O–H groups in total. The molecule has 1 amide bonds. The molecular formula is C19H19N5O. The highest BCUT2D eigenvalue weighted by molar-refractivity contribution is 5.80. The number of aryl methyl sites for hydroxylation is 1. The second-order valence-electron chi connectivity index (χ2n) is 6.03. The number of para-hydroxylation sites is 4. The monoisotopic (exact) mass is 333 g/mol. The first-order chi connectivity index (χ1) is 12.2. The van der Waals surface area contributed by atoms with Gasteiger partial charge in [-0.25, -0.2) is 9.97 Å². The van der Waals surface area contributed by atoms with Gasteiger partial charge in [-0.1, -0.05) is 31.2 Å². The Bertz CT molecular complexity index is 1080. The number of carbonyl (C=O) groups is 1. The number of aromatic nitrogens is 4. The van der Waals surface area contributed by atoms with Gasteiger partial charge in [0, 0.05) is 6.42 Å². The van der Waals surface area contributed by atoms with E-state index in [1.807, 2.05) is 47.0 Å². The van der Waals surface area contributed by atoms with E-state index in [0.717, 1.165) is 40.1 Å². The second-order valence-corrected chi connectivity index (χ2v) is 6.03. The molecule has 2 aromatic carbocycles. The predicted octanol–water partition coefficient (Wildman–Crippen LogP) is 2.48. The number of nitrogens with zero attached hydrogens (tertiary/aromatic N) is 4. The van der Waals surface area contributed by atoms with E-state index in [-0.39, 0.29) is 12.5 Å². The minimum absolute atomic E-state index is 0.115. The zero-order valence-electron chi connectivity index (χ0n) is 14.0. The Labute approximate surface area is 144 Å². The minimum atomic E-state index is -0.379. The van der Waals surface area contributed by atoms with Gasteiger partial charge in [-0.3, -0.25) is 4.79 Å². The molecule has 25 heavy (non-hydrogen) atoms. The maximum atomic E-state index is 11.6. The molecular weight excluding hydrogens is 314 g/mol. The Balaban J connectivity index is 1.87. The Morgan fingerprint density at radius 2 is 1.48 bits per heavy atom. The SMILES string of the molecule is CCc1nc2ccccc2n1Cc1nc2ccccc2n1CC(N)=O. The quantitative estimate of drug-likeness (QED) is 0.609. The molecule has 0 saturated heterocycles. The molecule has 0 unspecified atom stereocenters. The number of nitrogens with two attached hydrogens (primary N) is 1. The normalized spacial score (nSPS) is 11.4. The summed E-state index contributed by atoms with van der Waals surface area (Å²) in [5, 5.41) is 0. The van der Waals surface area contributed by atoms with E-state index in [4.69, 9.17) is 15.7 Å². The van der Waals surface area contributed by atoms with Crippen LogP contribution in [0.5, 0.6) is 0 Å². The molecule has 0 aliphatic heterocycles. The van der Waals surface area contributed by atoms with Crippen LogP contribution in [0.25, 0.3) is 22.1 Å². The number of primary amides is 1. The van der Waals surface area contributed by atoms with Gasteiger partial charge in [0.2, 0.25) is 5.91 Å². The molecule has 4 aromatic rings. The van der Waals surface area contributed by atoms with Crippen LogP contribution in [-0.2, 0) is 24.3 Å². The van der Waals surface area contributed by atoms with Gasteiger partial charge >= 0.3 is 0 Å². The summed E-state index contributed by atoms with van der Waals surface area (Å²) in [7, 11) is 0. The predicted molar refractivity (Wildman–Crippen MR) is 97.1 cm³/mol. The van der Waals surface area contributed by atoms with E-state index in [1.54, 1.807) is 0 Å². The Morgan fingerprint density at radius 1 is 0.920 bits per heavy atom. The lowest BCUT2D eigenvalue weighted by Gasteiger charge is -2.10. The van der Waals surface area contributed by atoms with Crippen LogP contribution >= 0.6 is 0 Å². The van der Waals surface area contributed by atoms with Gasteiger partial charge in [0.15, 0.2) is 0 Å². The van der Waals surface area contributed by atoms with Crippen molar-refractivity contribution in [1.29, 1.82) is 0 Å². The first kappa shape index (κ1) is 15.4. The summed E-state index contributed by atoms with van der Waals surface area (Å²) in [5.74, 6) is 1.42. The number of benzene rings is 2. The van der Waals surface area contributed by atoms with Crippen LogP contribution in [0.4, 0.5) is 0 Å². The largest absolute Gasteiger partial charge is 0.368 e. The highest BCUT2D eigenvalue weighted by Crippen LogP contribution is 2.21. The molecule has 126 valence electrons. The lowest BCUT2D eigenvalue weighted by Crippen LogP contribution is -2.21. The topological polar surface area (TPSA) is 78.7 Å². The van der Waals surface area contributed by atoms with Crippen LogP contribution in [-0.4, -0.2) is 25.0 Å². The minimum Gasteiger partial charge on any atom is -0.368 e. The highest BCUT2D eigenvalue weighted by atomic mass is 16.1. The molecule has 0 spiro atoms. The van der Waals surface area contributed by atoms with E-state index < -0.39 is 0 Å². The van der Waals surface area contributed by atoms with Crippen molar-refractivity contribution < 1.29 is 4.79 Å². The zero-order chi connectivity index (χ0) is 17.4. The molecule has 6 heteroatoms. The molecule has 0 saturated carbocycles. The van der Waals surface area contributed by atoms with E-state index in [2.05, 4.69) is 17.6 Å². The summed E-state index contributed by atoms with van der Waals surface area (Å²) >= 11 is 0. The van der Waals surface area contributed by atoms with Crippen molar-refractivity contribution in [2.75, 3.05) is 0 Å². The van der Waals surface area contributed by atoms with Crippen LogP contribution in [0, 0.1) is 0 Å². The highest BCUT2D eigenvalue weighted by Gasteiger charge is 2.16. The summed E-state index contributed by atoms with van der Waals surface area (Å²) in [6.45, 7) is 2.75. The van der Waals surface area contributed by atoms with Crippen LogP contribution in [0.1, 0.15) is 18.6 Å². The molecule has 0 aliphatic rings. The molecule has 0 atom stereocenters. The van der Waals surface area contributed by atoms with Gasteiger partial charge in [0.25, 0.3) is 0 Å². The van der Waals surface area contributed by atoms with E-state index in [0.29, 0.717) is 6.54 Å². The van der Waals surface area contributed by atoms with Gasteiger partial charge in [-0.2, -0.15) is 0 Å². The number of carbonyl (C=O) groups excluding carboxylic acids is 1. The van der Waals surface area contributed by atoms with Gasteiger partial charge in [-0.05, 0) is 24.3 Å². The molecule has 0 fully saturated rings. The average Bonchev–Trinajstić information content (AvgIpc) is 3.14. The van der Waals surface area contributed by atoms with Gasteiger partial charge in [0.05, 0.1) is 28.6 Å². The van der Waals surface area contributed by atoms with Gasteiger partial charge < -0.3 is 14.9 Å². The van der Waals surface area contributed by atoms with E-state index >= 15 is 0 Å². The lowest BCUT2D eigenvalue weighted by molar-refractivity contribution is -0.118. The Kier molecular flexibility index (Phi) is 3.72. The summed E-state index contributed by atoms with van der Waals surface area (Å²) in [5.41, 5.74) is 9.27. The lowest BCUT2D eigenvalue weighted by atomic mass is 10.3. The van der Waals surface area contributed by atoms with Crippen LogP contribution in [0.15, 0.2) is 48.5 Å². The molecule has 0 radical (unpaired) electrons. The average molecular weight is 333 g/mol. The fourth-order valence-corrected chi connectivity index (χ4v) is 3.29. The van der Waals surface area contributed by atoms with E-state index in [1.165, 1.54) is 0 Å². The smallest absolute Gasteiger partial charge is 0.237 e. The molecule has 0 bridgehead atoms. The first-order valence-electron chi connectivity index (χ1n) is 8.34. The molecule has 4 rings (SSSR count). The standard InChI is InChI=1S/C19H19N5O/c1-2-18-21-13-7-3-6-10-16(13)24(18)12-19-22-14-8-4-5-9-15(14)23(19)11-17(20)25/h3-10H,2,11-12H2,1H3,(H2,20,25). The van der Waals surface area contributed by atoms with Crippen LogP contribution in [0.3, 0.4) is 0 Å². The fourth-order valence-electron chi connectivity index (χ4n) is 3.29. The van der Waals surface area contributed by atoms with Crippen LogP contribution < -0.4 is 5.73 Å². The first-order valence-corrected chi connectivity index (χ1v) is 8.34. The molecule has 0 aliphatic carbocycles. The zero-order valence-corrected chi connectivity index (χ0v) is 14.0. The van der Waals surface area contributed by atoms with Crippen molar-refractivity contribution in [2.24, 2.45) is 5.73 Å².